The lowest BCUT2D eigenvalue weighted by Crippen LogP contribution is -2.24. The second-order valence-electron chi connectivity index (χ2n) is 9.75. The summed E-state index contributed by atoms with van der Waals surface area (Å²) in [6, 6.07) is 16.4. The molecule has 0 unspecified atom stereocenters. The van der Waals surface area contributed by atoms with Crippen LogP contribution in [0.5, 0.6) is 0 Å². The number of hydrogen-bond donors (Lipinski definition) is 1. The van der Waals surface area contributed by atoms with Gasteiger partial charge >= 0.3 is 0 Å². The van der Waals surface area contributed by atoms with Crippen LogP contribution in [0.1, 0.15) is 45.0 Å². The number of benzene rings is 2. The Morgan fingerprint density at radius 3 is 2.48 bits per heavy atom. The van der Waals surface area contributed by atoms with E-state index in [9.17, 15) is 8.42 Å². The average Bonchev–Trinajstić information content (AvgIpc) is 3.24. The van der Waals surface area contributed by atoms with Crippen molar-refractivity contribution in [2.24, 2.45) is 5.92 Å². The number of hydrogen-bond acceptors (Lipinski definition) is 4. The van der Waals surface area contributed by atoms with Crippen LogP contribution in [-0.4, -0.2) is 31.2 Å². The van der Waals surface area contributed by atoms with E-state index >= 15 is 0 Å². The second kappa shape index (κ2) is 9.79. The SMILES string of the molecule is CC(C)(C)c1nc(-c2cccc(CNS(=O)(=O)c3ccccc3)c2)cn1CC1CCOCC1. The van der Waals surface area contributed by atoms with Crippen LogP contribution in [0, 0.1) is 5.92 Å². The Morgan fingerprint density at radius 1 is 1.06 bits per heavy atom. The minimum absolute atomic E-state index is 0.0770. The summed E-state index contributed by atoms with van der Waals surface area (Å²) in [7, 11) is -3.55. The van der Waals surface area contributed by atoms with Crippen molar-refractivity contribution in [1.29, 1.82) is 0 Å². The summed E-state index contributed by atoms with van der Waals surface area (Å²) < 4.78 is 35.7. The quantitative estimate of drug-likeness (QED) is 0.544. The first-order valence-corrected chi connectivity index (χ1v) is 13.0. The normalized spacial score (nSPS) is 15.6. The van der Waals surface area contributed by atoms with Gasteiger partial charge in [0.1, 0.15) is 5.82 Å². The predicted molar refractivity (Wildman–Crippen MR) is 130 cm³/mol. The van der Waals surface area contributed by atoms with E-state index < -0.39 is 10.0 Å². The molecule has 0 saturated carbocycles. The summed E-state index contributed by atoms with van der Waals surface area (Å²) in [5, 5.41) is 0. The van der Waals surface area contributed by atoms with Gasteiger partial charge in [0.2, 0.25) is 10.0 Å². The average molecular weight is 468 g/mol. The van der Waals surface area contributed by atoms with Gasteiger partial charge < -0.3 is 9.30 Å². The summed E-state index contributed by atoms with van der Waals surface area (Å²) in [6.07, 6.45) is 4.30. The molecule has 176 valence electrons. The smallest absolute Gasteiger partial charge is 0.240 e. The zero-order valence-corrected chi connectivity index (χ0v) is 20.4. The molecule has 1 aromatic heterocycles. The standard InChI is InChI=1S/C26H33N3O3S/c1-26(2,3)25-28-24(19-29(25)18-20-12-14-32-15-13-20)22-9-7-8-21(16-22)17-27-33(30,31)23-10-5-4-6-11-23/h4-11,16,19-20,27H,12-15,17-18H2,1-3H3. The van der Waals surface area contributed by atoms with Crippen LogP contribution < -0.4 is 4.72 Å². The van der Waals surface area contributed by atoms with E-state index in [1.807, 2.05) is 24.3 Å². The van der Waals surface area contributed by atoms with E-state index in [0.717, 1.165) is 55.2 Å². The summed E-state index contributed by atoms with van der Waals surface area (Å²) in [5.41, 5.74) is 2.72. The zero-order chi connectivity index (χ0) is 23.5. The van der Waals surface area contributed by atoms with Gasteiger partial charge in [0.15, 0.2) is 0 Å². The van der Waals surface area contributed by atoms with Crippen LogP contribution in [0.3, 0.4) is 0 Å². The molecule has 6 nitrogen and oxygen atoms in total. The third-order valence-electron chi connectivity index (χ3n) is 5.99. The minimum atomic E-state index is -3.55. The number of aromatic nitrogens is 2. The molecule has 3 aromatic rings. The highest BCUT2D eigenvalue weighted by atomic mass is 32.2. The van der Waals surface area contributed by atoms with Gasteiger partial charge in [0.25, 0.3) is 0 Å². The maximum atomic E-state index is 12.6. The Morgan fingerprint density at radius 2 is 1.79 bits per heavy atom. The van der Waals surface area contributed by atoms with Gasteiger partial charge in [-0.15, -0.1) is 0 Å². The van der Waals surface area contributed by atoms with Crippen molar-refractivity contribution in [3.63, 3.8) is 0 Å². The van der Waals surface area contributed by atoms with Gasteiger partial charge in [0, 0.05) is 43.5 Å². The molecule has 7 heteroatoms. The molecular formula is C26H33N3O3S. The molecule has 2 heterocycles. The van der Waals surface area contributed by atoms with Crippen LogP contribution in [-0.2, 0) is 33.3 Å². The van der Waals surface area contributed by atoms with Crippen molar-refractivity contribution in [2.45, 2.75) is 57.0 Å². The largest absolute Gasteiger partial charge is 0.381 e. The van der Waals surface area contributed by atoms with Crippen LogP contribution in [0.4, 0.5) is 0 Å². The molecule has 0 bridgehead atoms. The number of ether oxygens (including phenoxy) is 1. The van der Waals surface area contributed by atoms with Crippen molar-refractivity contribution in [3.8, 4) is 11.3 Å². The Balaban J connectivity index is 1.55. The fraction of sp³-hybridized carbons (Fsp3) is 0.423. The maximum Gasteiger partial charge on any atom is 0.240 e. The van der Waals surface area contributed by atoms with Crippen molar-refractivity contribution in [3.05, 3.63) is 72.2 Å². The molecule has 1 saturated heterocycles. The van der Waals surface area contributed by atoms with E-state index in [0.29, 0.717) is 5.92 Å². The molecule has 0 spiro atoms. The molecule has 33 heavy (non-hydrogen) atoms. The van der Waals surface area contributed by atoms with E-state index in [1.54, 1.807) is 30.3 Å². The lowest BCUT2D eigenvalue weighted by Gasteiger charge is -2.25. The number of nitrogens with one attached hydrogen (secondary N) is 1. The van der Waals surface area contributed by atoms with E-state index in [-0.39, 0.29) is 16.9 Å². The van der Waals surface area contributed by atoms with Gasteiger partial charge in [-0.3, -0.25) is 0 Å². The first-order valence-electron chi connectivity index (χ1n) is 11.5. The highest BCUT2D eigenvalue weighted by molar-refractivity contribution is 7.89. The minimum Gasteiger partial charge on any atom is -0.381 e. The summed E-state index contributed by atoms with van der Waals surface area (Å²) in [5.74, 6) is 1.67. The van der Waals surface area contributed by atoms with Crippen molar-refractivity contribution >= 4 is 10.0 Å². The predicted octanol–water partition coefficient (Wildman–Crippen LogP) is 4.75. The van der Waals surface area contributed by atoms with Crippen LogP contribution in [0.25, 0.3) is 11.3 Å². The molecule has 4 rings (SSSR count). The van der Waals surface area contributed by atoms with Crippen molar-refractivity contribution in [2.75, 3.05) is 13.2 Å². The van der Waals surface area contributed by atoms with Gasteiger partial charge in [-0.25, -0.2) is 18.1 Å². The second-order valence-corrected chi connectivity index (χ2v) is 11.5. The Bertz CT molecular complexity index is 1170. The lowest BCUT2D eigenvalue weighted by molar-refractivity contribution is 0.0608. The highest BCUT2D eigenvalue weighted by Crippen LogP contribution is 2.29. The molecule has 1 aliphatic rings. The molecular weight excluding hydrogens is 434 g/mol. The molecule has 1 N–H and O–H groups in total. The molecule has 2 aromatic carbocycles. The van der Waals surface area contributed by atoms with E-state index in [4.69, 9.17) is 9.72 Å². The highest BCUT2D eigenvalue weighted by Gasteiger charge is 2.24. The lowest BCUT2D eigenvalue weighted by atomic mass is 9.94. The number of rotatable bonds is 7. The Kier molecular flexibility index (Phi) is 7.02. The van der Waals surface area contributed by atoms with Gasteiger partial charge in [-0.05, 0) is 42.5 Å². The van der Waals surface area contributed by atoms with Crippen LogP contribution in [0.15, 0.2) is 65.7 Å². The summed E-state index contributed by atoms with van der Waals surface area (Å²) in [6.45, 7) is 9.40. The third kappa shape index (κ3) is 5.91. The first-order chi connectivity index (χ1) is 15.7. The fourth-order valence-electron chi connectivity index (χ4n) is 4.20. The molecule has 0 amide bonds. The Hall–Kier alpha value is -2.48. The number of nitrogens with zero attached hydrogens (tertiary/aromatic N) is 2. The summed E-state index contributed by atoms with van der Waals surface area (Å²) in [4.78, 5) is 5.27. The van der Waals surface area contributed by atoms with E-state index in [1.165, 1.54) is 0 Å². The maximum absolute atomic E-state index is 12.6. The molecule has 1 aliphatic heterocycles. The van der Waals surface area contributed by atoms with Gasteiger partial charge in [-0.1, -0.05) is 57.2 Å². The Labute approximate surface area is 197 Å². The van der Waals surface area contributed by atoms with Crippen molar-refractivity contribution < 1.29 is 13.2 Å². The van der Waals surface area contributed by atoms with E-state index in [2.05, 4.69) is 36.3 Å². The fourth-order valence-corrected chi connectivity index (χ4v) is 5.24. The number of imidazole rings is 1. The number of sulfonamides is 1. The van der Waals surface area contributed by atoms with Crippen LogP contribution in [0.2, 0.25) is 0 Å². The van der Waals surface area contributed by atoms with Crippen molar-refractivity contribution in [1.82, 2.24) is 14.3 Å². The third-order valence-corrected chi connectivity index (χ3v) is 7.40. The monoisotopic (exact) mass is 467 g/mol. The van der Waals surface area contributed by atoms with Gasteiger partial charge in [-0.2, -0.15) is 0 Å². The van der Waals surface area contributed by atoms with Crippen LogP contribution >= 0.6 is 0 Å². The molecule has 1 fully saturated rings. The van der Waals surface area contributed by atoms with Gasteiger partial charge in [0.05, 0.1) is 10.6 Å². The topological polar surface area (TPSA) is 73.2 Å². The molecule has 0 atom stereocenters. The zero-order valence-electron chi connectivity index (χ0n) is 19.6. The summed E-state index contributed by atoms with van der Waals surface area (Å²) >= 11 is 0. The molecule has 0 radical (unpaired) electrons. The molecule has 0 aliphatic carbocycles. The first kappa shape index (κ1) is 23.7.